The molecule has 0 radical (unpaired) electrons. The summed E-state index contributed by atoms with van der Waals surface area (Å²) < 4.78 is 4.96. The van der Waals surface area contributed by atoms with Gasteiger partial charge in [0.25, 0.3) is 0 Å². The minimum atomic E-state index is -0.552. The molecule has 0 unspecified atom stereocenters. The minimum Gasteiger partial charge on any atom is -0.465 e. The van der Waals surface area contributed by atoms with Gasteiger partial charge in [0.05, 0.1) is 6.61 Å². The Hall–Kier alpha value is -0.900. The number of ether oxygens (including phenoxy) is 1. The number of carbonyl (C=O) groups excluding carboxylic acids is 2. The molecule has 0 aromatic rings. The van der Waals surface area contributed by atoms with E-state index in [1.807, 2.05) is 0 Å². The third-order valence-electron chi connectivity index (χ3n) is 3.47. The molecule has 0 amide bonds. The van der Waals surface area contributed by atoms with Crippen LogP contribution in [0.3, 0.4) is 0 Å². The van der Waals surface area contributed by atoms with Gasteiger partial charge in [-0.05, 0) is 59.2 Å². The van der Waals surface area contributed by atoms with Crippen molar-refractivity contribution in [2.24, 2.45) is 11.8 Å². The molecule has 1 saturated heterocycles. The van der Waals surface area contributed by atoms with Crippen LogP contribution in [0, 0.1) is 11.8 Å². The molecule has 1 aliphatic rings. The van der Waals surface area contributed by atoms with Gasteiger partial charge in [-0.1, -0.05) is 0 Å². The maximum atomic E-state index is 11.7. The van der Waals surface area contributed by atoms with E-state index in [1.54, 1.807) is 6.92 Å². The summed E-state index contributed by atoms with van der Waals surface area (Å²) in [5, 5.41) is 0. The summed E-state index contributed by atoms with van der Waals surface area (Å²) in [4.78, 5) is 25.4. The number of esters is 1. The summed E-state index contributed by atoms with van der Waals surface area (Å²) in [5.41, 5.74) is 0. The van der Waals surface area contributed by atoms with Crippen molar-refractivity contribution in [2.75, 3.05) is 26.7 Å². The lowest BCUT2D eigenvalue weighted by Crippen LogP contribution is -2.33. The van der Waals surface area contributed by atoms with E-state index in [0.717, 1.165) is 25.9 Å². The largest absolute Gasteiger partial charge is 0.465 e. The average molecular weight is 241 g/mol. The summed E-state index contributed by atoms with van der Waals surface area (Å²) in [6.07, 6.45) is 2.79. The molecule has 1 heterocycles. The summed E-state index contributed by atoms with van der Waals surface area (Å²) in [6, 6.07) is 0. The van der Waals surface area contributed by atoms with Crippen LogP contribution in [0.5, 0.6) is 0 Å². The molecular weight excluding hydrogens is 218 g/mol. The number of nitrogens with zero attached hydrogens (tertiary/aromatic N) is 1. The smallest absolute Gasteiger partial charge is 0.316 e. The second-order valence-electron chi connectivity index (χ2n) is 4.90. The standard InChI is InChI=1S/C13H23NO3/c1-4-17-13(16)12(10(2)15)9-11-5-7-14(3)8-6-11/h11-12H,4-9H2,1-3H3/t12-/m1/s1. The van der Waals surface area contributed by atoms with Gasteiger partial charge in [0.1, 0.15) is 11.7 Å². The van der Waals surface area contributed by atoms with E-state index >= 15 is 0 Å². The van der Waals surface area contributed by atoms with Gasteiger partial charge in [0.2, 0.25) is 0 Å². The quantitative estimate of drug-likeness (QED) is 0.540. The number of piperidine rings is 1. The zero-order valence-electron chi connectivity index (χ0n) is 11.1. The normalized spacial score (nSPS) is 19.9. The predicted octanol–water partition coefficient (Wildman–Crippen LogP) is 1.49. The number of ketones is 1. The van der Waals surface area contributed by atoms with Crippen molar-refractivity contribution in [2.45, 2.75) is 33.1 Å². The Balaban J connectivity index is 2.49. The Labute approximate surface area is 103 Å². The first-order valence-electron chi connectivity index (χ1n) is 6.40. The average Bonchev–Trinajstić information content (AvgIpc) is 2.28. The Morgan fingerprint density at radius 1 is 1.35 bits per heavy atom. The molecule has 0 saturated carbocycles. The van der Waals surface area contributed by atoms with E-state index < -0.39 is 5.92 Å². The molecule has 0 N–H and O–H groups in total. The maximum Gasteiger partial charge on any atom is 0.316 e. The first kappa shape index (κ1) is 14.2. The highest BCUT2D eigenvalue weighted by atomic mass is 16.5. The van der Waals surface area contributed by atoms with Gasteiger partial charge in [-0.2, -0.15) is 0 Å². The van der Waals surface area contributed by atoms with Gasteiger partial charge in [0, 0.05) is 0 Å². The third kappa shape index (κ3) is 4.46. The van der Waals surface area contributed by atoms with Gasteiger partial charge in [-0.3, -0.25) is 9.59 Å². The Kier molecular flexibility index (Phi) is 5.62. The molecule has 1 aliphatic heterocycles. The monoisotopic (exact) mass is 241 g/mol. The first-order chi connectivity index (χ1) is 8.04. The summed E-state index contributed by atoms with van der Waals surface area (Å²) in [7, 11) is 2.10. The fourth-order valence-electron chi connectivity index (χ4n) is 2.30. The molecule has 0 bridgehead atoms. The molecule has 4 heteroatoms. The lowest BCUT2D eigenvalue weighted by Gasteiger charge is -2.30. The van der Waals surface area contributed by atoms with Crippen molar-refractivity contribution < 1.29 is 14.3 Å². The first-order valence-corrected chi connectivity index (χ1v) is 6.40. The molecule has 1 rings (SSSR count). The summed E-state index contributed by atoms with van der Waals surface area (Å²) in [6.45, 7) is 5.70. The molecule has 0 aliphatic carbocycles. The number of likely N-dealkylation sites (tertiary alicyclic amines) is 1. The van der Waals surface area contributed by atoms with E-state index in [-0.39, 0.29) is 11.8 Å². The van der Waals surface area contributed by atoms with Crippen molar-refractivity contribution in [3.05, 3.63) is 0 Å². The third-order valence-corrected chi connectivity index (χ3v) is 3.47. The van der Waals surface area contributed by atoms with Crippen LogP contribution in [0.4, 0.5) is 0 Å². The van der Waals surface area contributed by atoms with Crippen LogP contribution in [-0.2, 0) is 14.3 Å². The highest BCUT2D eigenvalue weighted by molar-refractivity contribution is 5.97. The molecule has 1 atom stereocenters. The molecule has 0 aromatic carbocycles. The minimum absolute atomic E-state index is 0.0672. The number of Topliss-reactive ketones (excluding diaryl/α,β-unsaturated/α-hetero) is 1. The van der Waals surface area contributed by atoms with E-state index in [0.29, 0.717) is 18.9 Å². The van der Waals surface area contributed by atoms with Gasteiger partial charge >= 0.3 is 5.97 Å². The zero-order valence-corrected chi connectivity index (χ0v) is 11.1. The molecular formula is C13H23NO3. The number of rotatable bonds is 5. The van der Waals surface area contributed by atoms with Gasteiger partial charge in [0.15, 0.2) is 0 Å². The van der Waals surface area contributed by atoms with Crippen LogP contribution >= 0.6 is 0 Å². The van der Waals surface area contributed by atoms with Gasteiger partial charge in [-0.15, -0.1) is 0 Å². The van der Waals surface area contributed by atoms with E-state index in [4.69, 9.17) is 4.74 Å². The molecule has 0 aromatic heterocycles. The van der Waals surface area contributed by atoms with Crippen molar-refractivity contribution in [1.29, 1.82) is 0 Å². The SMILES string of the molecule is CCOC(=O)[C@H](CC1CCN(C)CC1)C(C)=O. The van der Waals surface area contributed by atoms with Crippen LogP contribution in [-0.4, -0.2) is 43.4 Å². The van der Waals surface area contributed by atoms with Crippen LogP contribution in [0.1, 0.15) is 33.1 Å². The van der Waals surface area contributed by atoms with E-state index in [2.05, 4.69) is 11.9 Å². The number of carbonyl (C=O) groups is 2. The molecule has 4 nitrogen and oxygen atoms in total. The molecule has 1 fully saturated rings. The van der Waals surface area contributed by atoms with Crippen molar-refractivity contribution >= 4 is 11.8 Å². The van der Waals surface area contributed by atoms with Gasteiger partial charge < -0.3 is 9.64 Å². The lowest BCUT2D eigenvalue weighted by molar-refractivity contribution is -0.152. The predicted molar refractivity (Wildman–Crippen MR) is 65.6 cm³/mol. The van der Waals surface area contributed by atoms with Crippen LogP contribution in [0.2, 0.25) is 0 Å². The maximum absolute atomic E-state index is 11.7. The topological polar surface area (TPSA) is 46.6 Å². The lowest BCUT2D eigenvalue weighted by atomic mass is 9.85. The summed E-state index contributed by atoms with van der Waals surface area (Å²) >= 11 is 0. The summed E-state index contributed by atoms with van der Waals surface area (Å²) in [5.74, 6) is -0.492. The zero-order chi connectivity index (χ0) is 12.8. The second kappa shape index (κ2) is 6.74. The Morgan fingerprint density at radius 3 is 2.41 bits per heavy atom. The van der Waals surface area contributed by atoms with Crippen molar-refractivity contribution in [3.63, 3.8) is 0 Å². The van der Waals surface area contributed by atoms with Crippen LogP contribution < -0.4 is 0 Å². The number of hydrogen-bond acceptors (Lipinski definition) is 4. The fourth-order valence-corrected chi connectivity index (χ4v) is 2.30. The number of hydrogen-bond donors (Lipinski definition) is 0. The van der Waals surface area contributed by atoms with Crippen LogP contribution in [0.15, 0.2) is 0 Å². The highest BCUT2D eigenvalue weighted by Gasteiger charge is 2.29. The molecule has 98 valence electrons. The Morgan fingerprint density at radius 2 is 1.94 bits per heavy atom. The van der Waals surface area contributed by atoms with Crippen molar-refractivity contribution in [3.8, 4) is 0 Å². The van der Waals surface area contributed by atoms with Gasteiger partial charge in [-0.25, -0.2) is 0 Å². The fraction of sp³-hybridized carbons (Fsp3) is 0.846. The molecule has 17 heavy (non-hydrogen) atoms. The van der Waals surface area contributed by atoms with E-state index in [1.165, 1.54) is 6.92 Å². The Bertz CT molecular complexity index is 270. The second-order valence-corrected chi connectivity index (χ2v) is 4.90. The highest BCUT2D eigenvalue weighted by Crippen LogP contribution is 2.24. The molecule has 0 spiro atoms. The van der Waals surface area contributed by atoms with Crippen LogP contribution in [0.25, 0.3) is 0 Å². The van der Waals surface area contributed by atoms with Crippen molar-refractivity contribution in [1.82, 2.24) is 4.90 Å². The van der Waals surface area contributed by atoms with E-state index in [9.17, 15) is 9.59 Å².